The molecule has 5 heteroatoms. The summed E-state index contributed by atoms with van der Waals surface area (Å²) in [5.41, 5.74) is 0. The summed E-state index contributed by atoms with van der Waals surface area (Å²) in [4.78, 5) is 24.8. The van der Waals surface area contributed by atoms with Gasteiger partial charge < -0.3 is 14.4 Å². The fourth-order valence-corrected chi connectivity index (χ4v) is 2.72. The second kappa shape index (κ2) is 5.38. The van der Waals surface area contributed by atoms with Gasteiger partial charge in [0.2, 0.25) is 0 Å². The highest BCUT2D eigenvalue weighted by Gasteiger charge is 2.34. The quantitative estimate of drug-likeness (QED) is 0.688. The van der Waals surface area contributed by atoms with Crippen LogP contribution in [-0.2, 0) is 14.3 Å². The van der Waals surface area contributed by atoms with Crippen molar-refractivity contribution < 1.29 is 19.1 Å². The normalized spacial score (nSPS) is 29.0. The molecule has 2 atom stereocenters. The minimum absolute atomic E-state index is 0.0426. The van der Waals surface area contributed by atoms with Crippen LogP contribution in [-0.4, -0.2) is 43.3 Å². The number of cyclic esters (lactones) is 1. The Morgan fingerprint density at radius 1 is 1.47 bits per heavy atom. The second-order valence-electron chi connectivity index (χ2n) is 4.70. The van der Waals surface area contributed by atoms with Crippen molar-refractivity contribution in [3.63, 3.8) is 0 Å². The fourth-order valence-electron chi connectivity index (χ4n) is 2.72. The Morgan fingerprint density at radius 2 is 2.29 bits per heavy atom. The van der Waals surface area contributed by atoms with E-state index in [1.165, 1.54) is 7.11 Å². The molecule has 2 fully saturated rings. The molecule has 0 spiro atoms. The molecule has 2 heterocycles. The van der Waals surface area contributed by atoms with Gasteiger partial charge in [-0.1, -0.05) is 0 Å². The lowest BCUT2D eigenvalue weighted by Crippen LogP contribution is -2.38. The van der Waals surface area contributed by atoms with Crippen LogP contribution < -0.4 is 0 Å². The first kappa shape index (κ1) is 12.2. The zero-order valence-corrected chi connectivity index (χ0v) is 10.2. The second-order valence-corrected chi connectivity index (χ2v) is 4.70. The zero-order chi connectivity index (χ0) is 12.3. The molecule has 2 aliphatic rings. The predicted octanol–water partition coefficient (Wildman–Crippen LogP) is 1.56. The summed E-state index contributed by atoms with van der Waals surface area (Å²) < 4.78 is 9.80. The SMILES string of the molecule is COC(=O)N1CCCC1CC1CCCOC1=O. The Morgan fingerprint density at radius 3 is 3.00 bits per heavy atom. The number of hydrogen-bond acceptors (Lipinski definition) is 4. The molecule has 5 nitrogen and oxygen atoms in total. The number of esters is 1. The first-order valence-electron chi connectivity index (χ1n) is 6.23. The molecule has 0 aromatic heterocycles. The highest BCUT2D eigenvalue weighted by Crippen LogP contribution is 2.28. The molecule has 0 aromatic carbocycles. The van der Waals surface area contributed by atoms with Crippen molar-refractivity contribution in [3.8, 4) is 0 Å². The number of hydrogen-bond donors (Lipinski definition) is 0. The van der Waals surface area contributed by atoms with Crippen molar-refractivity contribution in [2.24, 2.45) is 5.92 Å². The number of carbonyl (C=O) groups excluding carboxylic acids is 2. The lowest BCUT2D eigenvalue weighted by Gasteiger charge is -2.28. The Kier molecular flexibility index (Phi) is 3.86. The van der Waals surface area contributed by atoms with E-state index in [1.807, 2.05) is 0 Å². The van der Waals surface area contributed by atoms with E-state index in [2.05, 4.69) is 0 Å². The van der Waals surface area contributed by atoms with E-state index in [1.54, 1.807) is 4.90 Å². The van der Waals surface area contributed by atoms with Gasteiger partial charge in [-0.25, -0.2) is 4.79 Å². The molecule has 1 amide bonds. The van der Waals surface area contributed by atoms with Crippen molar-refractivity contribution in [1.29, 1.82) is 0 Å². The third-order valence-corrected chi connectivity index (χ3v) is 3.62. The molecule has 0 aromatic rings. The Hall–Kier alpha value is -1.26. The van der Waals surface area contributed by atoms with E-state index in [-0.39, 0.29) is 24.0 Å². The van der Waals surface area contributed by atoms with E-state index in [4.69, 9.17) is 9.47 Å². The number of ether oxygens (including phenoxy) is 2. The number of carbonyl (C=O) groups is 2. The molecule has 2 saturated heterocycles. The number of rotatable bonds is 2. The van der Waals surface area contributed by atoms with E-state index in [9.17, 15) is 9.59 Å². The zero-order valence-electron chi connectivity index (χ0n) is 10.2. The topological polar surface area (TPSA) is 55.8 Å². The maximum absolute atomic E-state index is 11.6. The minimum Gasteiger partial charge on any atom is -0.465 e. The minimum atomic E-state index is -0.281. The predicted molar refractivity (Wildman–Crippen MR) is 60.4 cm³/mol. The highest BCUT2D eigenvalue weighted by molar-refractivity contribution is 5.73. The molecular formula is C12H19NO4. The van der Waals surface area contributed by atoms with Crippen LogP contribution >= 0.6 is 0 Å². The van der Waals surface area contributed by atoms with Crippen molar-refractivity contribution >= 4 is 12.1 Å². The van der Waals surface area contributed by atoms with Crippen molar-refractivity contribution in [3.05, 3.63) is 0 Å². The summed E-state index contributed by atoms with van der Waals surface area (Å²) >= 11 is 0. The molecular weight excluding hydrogens is 222 g/mol. The molecule has 0 N–H and O–H groups in total. The van der Waals surface area contributed by atoms with Crippen LogP contribution in [0.3, 0.4) is 0 Å². The van der Waals surface area contributed by atoms with Gasteiger partial charge in [0, 0.05) is 12.6 Å². The fraction of sp³-hybridized carbons (Fsp3) is 0.833. The van der Waals surface area contributed by atoms with Gasteiger partial charge in [0.25, 0.3) is 0 Å². The summed E-state index contributed by atoms with van der Waals surface area (Å²) in [6, 6.07) is 0.137. The lowest BCUT2D eigenvalue weighted by molar-refractivity contribution is -0.153. The summed E-state index contributed by atoms with van der Waals surface area (Å²) in [6.07, 6.45) is 4.19. The molecule has 96 valence electrons. The summed E-state index contributed by atoms with van der Waals surface area (Å²) in [6.45, 7) is 1.28. The van der Waals surface area contributed by atoms with Gasteiger partial charge in [-0.15, -0.1) is 0 Å². The maximum atomic E-state index is 11.6. The average Bonchev–Trinajstić information content (AvgIpc) is 2.79. The van der Waals surface area contributed by atoms with E-state index >= 15 is 0 Å². The molecule has 0 saturated carbocycles. The Labute approximate surface area is 101 Å². The van der Waals surface area contributed by atoms with Crippen LogP contribution in [0.25, 0.3) is 0 Å². The first-order valence-corrected chi connectivity index (χ1v) is 6.23. The summed E-state index contributed by atoms with van der Waals surface area (Å²) in [5.74, 6) is -0.146. The van der Waals surface area contributed by atoms with Gasteiger partial charge in [-0.05, 0) is 32.1 Å². The standard InChI is InChI=1S/C12H19NO4/c1-16-12(15)13-6-2-5-10(13)8-9-4-3-7-17-11(9)14/h9-10H,2-8H2,1H3. The van der Waals surface area contributed by atoms with Gasteiger partial charge >= 0.3 is 12.1 Å². The van der Waals surface area contributed by atoms with E-state index in [0.29, 0.717) is 13.0 Å². The largest absolute Gasteiger partial charge is 0.465 e. The number of nitrogens with zero attached hydrogens (tertiary/aromatic N) is 1. The molecule has 2 rings (SSSR count). The molecule has 17 heavy (non-hydrogen) atoms. The van der Waals surface area contributed by atoms with Gasteiger partial charge in [-0.2, -0.15) is 0 Å². The van der Waals surface area contributed by atoms with E-state index < -0.39 is 0 Å². The summed E-state index contributed by atoms with van der Waals surface area (Å²) in [5, 5.41) is 0. The number of amides is 1. The van der Waals surface area contributed by atoms with Crippen LogP contribution in [0, 0.1) is 5.92 Å². The Balaban J connectivity index is 1.92. The Bertz CT molecular complexity index is 305. The molecule has 0 aliphatic carbocycles. The lowest BCUT2D eigenvalue weighted by atomic mass is 9.92. The van der Waals surface area contributed by atoms with Gasteiger partial charge in [0.1, 0.15) is 0 Å². The van der Waals surface area contributed by atoms with Gasteiger partial charge in [0.15, 0.2) is 0 Å². The number of likely N-dealkylation sites (tertiary alicyclic amines) is 1. The van der Waals surface area contributed by atoms with Crippen LogP contribution in [0.15, 0.2) is 0 Å². The summed E-state index contributed by atoms with van der Waals surface area (Å²) in [7, 11) is 1.40. The van der Waals surface area contributed by atoms with Crippen LogP contribution in [0.4, 0.5) is 4.79 Å². The monoisotopic (exact) mass is 241 g/mol. The molecule has 0 radical (unpaired) electrons. The first-order chi connectivity index (χ1) is 8.22. The van der Waals surface area contributed by atoms with Gasteiger partial charge in [-0.3, -0.25) is 4.79 Å². The average molecular weight is 241 g/mol. The highest BCUT2D eigenvalue weighted by atomic mass is 16.5. The van der Waals surface area contributed by atoms with Crippen molar-refractivity contribution in [2.45, 2.75) is 38.1 Å². The van der Waals surface area contributed by atoms with Gasteiger partial charge in [0.05, 0.1) is 19.6 Å². The molecule has 2 aliphatic heterocycles. The number of methoxy groups -OCH3 is 1. The van der Waals surface area contributed by atoms with Crippen molar-refractivity contribution in [1.82, 2.24) is 4.90 Å². The van der Waals surface area contributed by atoms with E-state index in [0.717, 1.165) is 32.2 Å². The molecule has 0 bridgehead atoms. The van der Waals surface area contributed by atoms with Crippen LogP contribution in [0.2, 0.25) is 0 Å². The third-order valence-electron chi connectivity index (χ3n) is 3.62. The molecule has 2 unspecified atom stereocenters. The third kappa shape index (κ3) is 2.70. The van der Waals surface area contributed by atoms with Crippen LogP contribution in [0.5, 0.6) is 0 Å². The smallest absolute Gasteiger partial charge is 0.409 e. The van der Waals surface area contributed by atoms with Crippen LogP contribution in [0.1, 0.15) is 32.1 Å². The van der Waals surface area contributed by atoms with Crippen molar-refractivity contribution in [2.75, 3.05) is 20.3 Å². The maximum Gasteiger partial charge on any atom is 0.409 e.